The molecule has 1 amide bonds. The Morgan fingerprint density at radius 3 is 2.60 bits per heavy atom. The van der Waals surface area contributed by atoms with Gasteiger partial charge in [0.25, 0.3) is 0 Å². The lowest BCUT2D eigenvalue weighted by Gasteiger charge is -2.39. The first-order chi connectivity index (χ1) is 9.33. The van der Waals surface area contributed by atoms with E-state index in [-0.39, 0.29) is 17.4 Å². The molecule has 2 fully saturated rings. The molecule has 20 heavy (non-hydrogen) atoms. The van der Waals surface area contributed by atoms with Gasteiger partial charge in [-0.2, -0.15) is 0 Å². The van der Waals surface area contributed by atoms with Crippen LogP contribution in [0.15, 0.2) is 0 Å². The molecule has 2 rings (SSSR count). The lowest BCUT2D eigenvalue weighted by molar-refractivity contribution is -0.121. The fraction of sp³-hybridized carbons (Fsp3) is 0.938. The topological polar surface area (TPSA) is 64.3 Å². The van der Waals surface area contributed by atoms with Gasteiger partial charge in [0.05, 0.1) is 12.1 Å². The van der Waals surface area contributed by atoms with E-state index in [9.17, 15) is 4.79 Å². The minimum atomic E-state index is -0.282. The largest absolute Gasteiger partial charge is 0.378 e. The lowest BCUT2D eigenvalue weighted by Crippen LogP contribution is -2.43. The van der Waals surface area contributed by atoms with E-state index in [0.29, 0.717) is 24.5 Å². The van der Waals surface area contributed by atoms with Crippen LogP contribution in [0.3, 0.4) is 0 Å². The van der Waals surface area contributed by atoms with Crippen LogP contribution >= 0.6 is 0 Å². The van der Waals surface area contributed by atoms with E-state index in [0.717, 1.165) is 12.5 Å². The Morgan fingerprint density at radius 1 is 1.45 bits per heavy atom. The van der Waals surface area contributed by atoms with Gasteiger partial charge in [0.15, 0.2) is 0 Å². The highest BCUT2D eigenvalue weighted by atomic mass is 16.5. The van der Waals surface area contributed by atoms with Gasteiger partial charge in [0, 0.05) is 6.61 Å². The Kier molecular flexibility index (Phi) is 4.45. The Bertz CT molecular complexity index is 369. The summed E-state index contributed by atoms with van der Waals surface area (Å²) in [5.74, 6) is 0.508. The van der Waals surface area contributed by atoms with Crippen LogP contribution < -0.4 is 11.1 Å². The second-order valence-corrected chi connectivity index (χ2v) is 7.27. The summed E-state index contributed by atoms with van der Waals surface area (Å²) < 4.78 is 6.15. The van der Waals surface area contributed by atoms with Gasteiger partial charge < -0.3 is 15.8 Å². The predicted octanol–water partition coefficient (Wildman–Crippen LogP) is 2.07. The summed E-state index contributed by atoms with van der Waals surface area (Å²) in [7, 11) is 0. The van der Waals surface area contributed by atoms with E-state index in [2.05, 4.69) is 26.1 Å². The Balaban J connectivity index is 1.85. The summed E-state index contributed by atoms with van der Waals surface area (Å²) >= 11 is 0. The molecule has 2 aliphatic carbocycles. The van der Waals surface area contributed by atoms with Crippen LogP contribution in [-0.2, 0) is 9.53 Å². The first-order valence-corrected chi connectivity index (χ1v) is 7.97. The van der Waals surface area contributed by atoms with Crippen molar-refractivity contribution in [3.8, 4) is 0 Å². The van der Waals surface area contributed by atoms with E-state index in [1.807, 2.05) is 6.92 Å². The lowest BCUT2D eigenvalue weighted by atomic mass is 9.70. The number of rotatable bonds is 7. The minimum Gasteiger partial charge on any atom is -0.378 e. The van der Waals surface area contributed by atoms with E-state index < -0.39 is 0 Å². The van der Waals surface area contributed by atoms with Gasteiger partial charge in [-0.3, -0.25) is 4.79 Å². The second-order valence-electron chi connectivity index (χ2n) is 7.27. The predicted molar refractivity (Wildman–Crippen MR) is 80.2 cm³/mol. The van der Waals surface area contributed by atoms with Crippen molar-refractivity contribution >= 4 is 5.91 Å². The molecule has 0 aromatic carbocycles. The molecule has 4 unspecified atom stereocenters. The van der Waals surface area contributed by atoms with Crippen molar-refractivity contribution in [2.75, 3.05) is 13.2 Å². The summed E-state index contributed by atoms with van der Waals surface area (Å²) in [4.78, 5) is 11.3. The molecule has 116 valence electrons. The van der Waals surface area contributed by atoms with E-state index in [4.69, 9.17) is 10.5 Å². The van der Waals surface area contributed by atoms with Crippen LogP contribution in [-0.4, -0.2) is 31.2 Å². The van der Waals surface area contributed by atoms with E-state index in [1.54, 1.807) is 0 Å². The van der Waals surface area contributed by atoms with Crippen molar-refractivity contribution in [3.63, 3.8) is 0 Å². The smallest absolute Gasteiger partial charge is 0.234 e. The second kappa shape index (κ2) is 5.64. The molecule has 0 saturated heterocycles. The molecular formula is C16H30N2O2. The molecule has 0 radical (unpaired) electrons. The van der Waals surface area contributed by atoms with Gasteiger partial charge in [-0.15, -0.1) is 0 Å². The van der Waals surface area contributed by atoms with Gasteiger partial charge in [0.1, 0.15) is 0 Å². The van der Waals surface area contributed by atoms with Crippen molar-refractivity contribution in [1.29, 1.82) is 0 Å². The van der Waals surface area contributed by atoms with Crippen molar-refractivity contribution in [2.24, 2.45) is 22.5 Å². The number of likely N-dealkylation sites (N-methyl/N-ethyl adjacent to an activating group) is 1. The molecule has 0 aromatic heterocycles. The van der Waals surface area contributed by atoms with Gasteiger partial charge in [-0.1, -0.05) is 27.7 Å². The van der Waals surface area contributed by atoms with Gasteiger partial charge in [0.2, 0.25) is 5.91 Å². The Labute approximate surface area is 122 Å². The van der Waals surface area contributed by atoms with Gasteiger partial charge >= 0.3 is 0 Å². The Morgan fingerprint density at radius 2 is 2.15 bits per heavy atom. The maximum Gasteiger partial charge on any atom is 0.234 e. The van der Waals surface area contributed by atoms with E-state index >= 15 is 0 Å². The molecule has 2 aliphatic rings. The third kappa shape index (κ3) is 2.48. The molecule has 2 saturated carbocycles. The van der Waals surface area contributed by atoms with Crippen LogP contribution in [0.1, 0.15) is 53.4 Å². The fourth-order valence-corrected chi connectivity index (χ4v) is 4.30. The quantitative estimate of drug-likeness (QED) is 0.751. The molecule has 3 N–H and O–H groups in total. The van der Waals surface area contributed by atoms with Crippen molar-refractivity contribution in [1.82, 2.24) is 5.32 Å². The summed E-state index contributed by atoms with van der Waals surface area (Å²) in [5.41, 5.74) is 6.06. The normalized spacial score (nSPS) is 36.2. The highest BCUT2D eigenvalue weighted by Crippen LogP contribution is 2.66. The number of hydrogen-bond acceptors (Lipinski definition) is 3. The van der Waals surface area contributed by atoms with Crippen molar-refractivity contribution < 1.29 is 9.53 Å². The third-order valence-electron chi connectivity index (χ3n) is 6.23. The highest BCUT2D eigenvalue weighted by molar-refractivity contribution is 5.79. The number of ether oxygens (including phenoxy) is 1. The maximum absolute atomic E-state index is 11.3. The average Bonchev–Trinajstić information content (AvgIpc) is 2.70. The van der Waals surface area contributed by atoms with Crippen LogP contribution in [0.25, 0.3) is 0 Å². The maximum atomic E-state index is 11.3. The first kappa shape index (κ1) is 15.8. The van der Waals surface area contributed by atoms with E-state index in [1.165, 1.54) is 19.3 Å². The van der Waals surface area contributed by atoms with Crippen LogP contribution in [0.4, 0.5) is 0 Å². The number of nitrogens with one attached hydrogen (secondary N) is 1. The molecule has 0 aromatic rings. The number of carbonyl (C=O) groups is 1. The zero-order chi connectivity index (χ0) is 15.0. The standard InChI is InChI=1S/C16H30N2O2/c1-5-18-12(14(17)19)7-9-20-13-10-11-6-8-16(13,4)15(11,2)3/h11-13,18H,5-10H2,1-4H3,(H2,17,19). The number of amides is 1. The van der Waals surface area contributed by atoms with Crippen LogP contribution in [0, 0.1) is 16.7 Å². The number of primary amides is 1. The first-order valence-electron chi connectivity index (χ1n) is 7.97. The monoisotopic (exact) mass is 282 g/mol. The summed E-state index contributed by atoms with van der Waals surface area (Å²) in [6.07, 6.45) is 4.78. The summed E-state index contributed by atoms with van der Waals surface area (Å²) in [6, 6.07) is -0.264. The molecule has 0 heterocycles. The number of fused-ring (bicyclic) bond motifs is 2. The third-order valence-corrected chi connectivity index (χ3v) is 6.23. The summed E-state index contributed by atoms with van der Waals surface area (Å²) in [5, 5.41) is 3.11. The highest BCUT2D eigenvalue weighted by Gasteiger charge is 2.61. The molecule has 2 bridgehead atoms. The Hall–Kier alpha value is -0.610. The molecular weight excluding hydrogens is 252 g/mol. The SMILES string of the molecule is CCNC(CCOC1CC2CCC1(C)C2(C)C)C(N)=O. The minimum absolute atomic E-state index is 0.264. The average molecular weight is 282 g/mol. The van der Waals surface area contributed by atoms with Crippen molar-refractivity contribution in [2.45, 2.75) is 65.5 Å². The molecule has 0 spiro atoms. The summed E-state index contributed by atoms with van der Waals surface area (Å²) in [6.45, 7) is 10.5. The molecule has 4 heteroatoms. The molecule has 4 atom stereocenters. The fourth-order valence-electron chi connectivity index (χ4n) is 4.30. The van der Waals surface area contributed by atoms with Crippen molar-refractivity contribution in [3.05, 3.63) is 0 Å². The zero-order valence-corrected chi connectivity index (χ0v) is 13.4. The van der Waals surface area contributed by atoms with Crippen LogP contribution in [0.5, 0.6) is 0 Å². The van der Waals surface area contributed by atoms with Gasteiger partial charge in [-0.05, 0) is 49.0 Å². The number of nitrogens with two attached hydrogens (primary N) is 1. The number of hydrogen-bond donors (Lipinski definition) is 2. The molecule has 4 nitrogen and oxygen atoms in total. The number of carbonyl (C=O) groups excluding carboxylic acids is 1. The van der Waals surface area contributed by atoms with Crippen LogP contribution in [0.2, 0.25) is 0 Å². The van der Waals surface area contributed by atoms with Gasteiger partial charge in [-0.25, -0.2) is 0 Å². The zero-order valence-electron chi connectivity index (χ0n) is 13.4. The molecule has 0 aliphatic heterocycles.